The van der Waals surface area contributed by atoms with Gasteiger partial charge in [0.05, 0.1) is 6.61 Å². The normalized spacial score (nSPS) is 23.0. The lowest BCUT2D eigenvalue weighted by atomic mass is 9.85. The van der Waals surface area contributed by atoms with Gasteiger partial charge in [-0.05, 0) is 25.0 Å². The van der Waals surface area contributed by atoms with Crippen molar-refractivity contribution in [2.75, 3.05) is 24.7 Å². The molecule has 0 aromatic carbocycles. The summed E-state index contributed by atoms with van der Waals surface area (Å²) < 4.78 is 0. The van der Waals surface area contributed by atoms with Gasteiger partial charge in [0.25, 0.3) is 0 Å². The van der Waals surface area contributed by atoms with Crippen molar-refractivity contribution in [2.45, 2.75) is 32.6 Å². The van der Waals surface area contributed by atoms with Gasteiger partial charge < -0.3 is 5.11 Å². The first-order valence-electron chi connectivity index (χ1n) is 6.81. The van der Waals surface area contributed by atoms with Crippen LogP contribution in [0.3, 0.4) is 0 Å². The van der Waals surface area contributed by atoms with Crippen LogP contribution in [0.15, 0.2) is 29.3 Å². The van der Waals surface area contributed by atoms with Gasteiger partial charge in [0.1, 0.15) is 0 Å². The Bertz CT molecular complexity index is 299. The number of thioether (sulfide) groups is 1. The summed E-state index contributed by atoms with van der Waals surface area (Å²) in [7, 11) is 0. The summed E-state index contributed by atoms with van der Waals surface area (Å²) in [6.45, 7) is 3.47. The largest absolute Gasteiger partial charge is 0.396 e. The number of allylic oxidation sites excluding steroid dienone is 4. The molecule has 1 unspecified atom stereocenters. The Balaban J connectivity index is 2.00. The molecule has 0 saturated heterocycles. The zero-order valence-corrected chi connectivity index (χ0v) is 12.2. The Hall–Kier alpha value is -0.540. The second kappa shape index (κ2) is 9.40. The number of rotatable bonds is 9. The number of aliphatic imine (C=N–C) groups is 1. The summed E-state index contributed by atoms with van der Waals surface area (Å²) in [5, 5.41) is 8.64. The number of unbranched alkanes of at least 4 members (excludes halogenated alkanes) is 2. The lowest BCUT2D eigenvalue weighted by molar-refractivity contribution is 0.322. The minimum Gasteiger partial charge on any atom is -0.396 e. The first-order valence-corrected chi connectivity index (χ1v) is 7.96. The summed E-state index contributed by atoms with van der Waals surface area (Å²) in [4.78, 5) is 4.54. The molecule has 0 aromatic rings. The molecule has 102 valence electrons. The van der Waals surface area contributed by atoms with Crippen LogP contribution in [0.4, 0.5) is 0 Å². The molecule has 3 heteroatoms. The van der Waals surface area contributed by atoms with E-state index in [0.717, 1.165) is 24.5 Å². The molecule has 18 heavy (non-hydrogen) atoms. The van der Waals surface area contributed by atoms with E-state index in [1.165, 1.54) is 19.3 Å². The van der Waals surface area contributed by atoms with Crippen LogP contribution >= 0.6 is 11.8 Å². The van der Waals surface area contributed by atoms with E-state index in [1.807, 2.05) is 11.8 Å². The van der Waals surface area contributed by atoms with Crippen LogP contribution in [0.25, 0.3) is 0 Å². The van der Waals surface area contributed by atoms with Crippen LogP contribution in [0, 0.1) is 5.41 Å². The van der Waals surface area contributed by atoms with Gasteiger partial charge in [-0.3, -0.25) is 4.99 Å². The third kappa shape index (κ3) is 7.02. The summed E-state index contributed by atoms with van der Waals surface area (Å²) in [6, 6.07) is 0. The van der Waals surface area contributed by atoms with Crippen LogP contribution in [0.5, 0.6) is 0 Å². The molecular formula is C15H25NOS. The van der Waals surface area contributed by atoms with Crippen LogP contribution in [-0.2, 0) is 0 Å². The minimum atomic E-state index is 0.131. The van der Waals surface area contributed by atoms with Crippen molar-refractivity contribution in [3.63, 3.8) is 0 Å². The lowest BCUT2D eigenvalue weighted by Gasteiger charge is -2.20. The van der Waals surface area contributed by atoms with Crippen LogP contribution < -0.4 is 0 Å². The Labute approximate surface area is 115 Å². The van der Waals surface area contributed by atoms with Crippen molar-refractivity contribution < 1.29 is 5.11 Å². The van der Waals surface area contributed by atoms with Crippen LogP contribution in [-0.4, -0.2) is 36.0 Å². The summed E-state index contributed by atoms with van der Waals surface area (Å²) in [5.41, 5.74) is 0.131. The van der Waals surface area contributed by atoms with Crippen molar-refractivity contribution in [3.05, 3.63) is 24.3 Å². The summed E-state index contributed by atoms with van der Waals surface area (Å²) in [5.74, 6) is 2.03. The second-order valence-corrected chi connectivity index (χ2v) is 6.15. The molecule has 1 aliphatic rings. The molecule has 1 N–H and O–H groups in total. The number of nitrogens with zero attached hydrogens (tertiary/aromatic N) is 1. The van der Waals surface area contributed by atoms with Crippen molar-refractivity contribution in [1.29, 1.82) is 0 Å². The number of hydrogen-bond acceptors (Lipinski definition) is 3. The molecule has 0 bridgehead atoms. The van der Waals surface area contributed by atoms with E-state index >= 15 is 0 Å². The molecule has 0 radical (unpaired) electrons. The molecule has 0 fully saturated rings. The topological polar surface area (TPSA) is 32.6 Å². The second-order valence-electron chi connectivity index (χ2n) is 4.93. The molecule has 0 aromatic heterocycles. The molecule has 0 heterocycles. The molecule has 0 aliphatic heterocycles. The quantitative estimate of drug-likeness (QED) is 0.512. The molecular weight excluding hydrogens is 242 g/mol. The number of hydrogen-bond donors (Lipinski definition) is 1. The van der Waals surface area contributed by atoms with Gasteiger partial charge in [0.2, 0.25) is 0 Å². The molecule has 1 rings (SSSR count). The van der Waals surface area contributed by atoms with Gasteiger partial charge in [0, 0.05) is 23.9 Å². The monoisotopic (exact) mass is 267 g/mol. The van der Waals surface area contributed by atoms with Crippen molar-refractivity contribution >= 4 is 18.0 Å². The van der Waals surface area contributed by atoms with E-state index in [-0.39, 0.29) is 5.41 Å². The molecule has 2 nitrogen and oxygen atoms in total. The maximum Gasteiger partial charge on any atom is 0.0521 e. The molecule has 1 atom stereocenters. The highest BCUT2D eigenvalue weighted by atomic mass is 32.2. The highest BCUT2D eigenvalue weighted by Gasteiger charge is 2.17. The standard InChI is InChI=1S/C15H25NOS/c1-15(8-4-2-5-9-15)14-16-10-6-3-7-12-18-13-11-17/h2,4-5,8,14,17H,3,6-7,9-13H2,1H3. The van der Waals surface area contributed by atoms with Gasteiger partial charge in [0.15, 0.2) is 0 Å². The zero-order valence-electron chi connectivity index (χ0n) is 11.3. The van der Waals surface area contributed by atoms with E-state index in [9.17, 15) is 0 Å². The van der Waals surface area contributed by atoms with Gasteiger partial charge >= 0.3 is 0 Å². The molecule has 0 spiro atoms. The van der Waals surface area contributed by atoms with Crippen molar-refractivity contribution in [1.82, 2.24) is 0 Å². The maximum atomic E-state index is 8.64. The fourth-order valence-electron chi connectivity index (χ4n) is 1.86. The SMILES string of the molecule is CC1(C=NCCCCCSCCO)C=CC=CC1. The first kappa shape index (κ1) is 15.5. The predicted octanol–water partition coefficient (Wildman–Crippen LogP) is 3.48. The van der Waals surface area contributed by atoms with Gasteiger partial charge in [-0.2, -0.15) is 11.8 Å². The Kier molecular flexibility index (Phi) is 8.10. The van der Waals surface area contributed by atoms with E-state index in [4.69, 9.17) is 5.11 Å². The Morgan fingerprint density at radius 2 is 2.17 bits per heavy atom. The summed E-state index contributed by atoms with van der Waals surface area (Å²) >= 11 is 1.83. The van der Waals surface area contributed by atoms with Crippen molar-refractivity contribution in [3.8, 4) is 0 Å². The average Bonchev–Trinajstić information content (AvgIpc) is 2.38. The van der Waals surface area contributed by atoms with Gasteiger partial charge in [-0.15, -0.1) is 0 Å². The Morgan fingerprint density at radius 3 is 2.89 bits per heavy atom. The van der Waals surface area contributed by atoms with Gasteiger partial charge in [-0.25, -0.2) is 0 Å². The summed E-state index contributed by atoms with van der Waals surface area (Å²) in [6.07, 6.45) is 15.4. The highest BCUT2D eigenvalue weighted by molar-refractivity contribution is 7.99. The fourth-order valence-corrected chi connectivity index (χ4v) is 2.60. The maximum absolute atomic E-state index is 8.64. The molecule has 1 aliphatic carbocycles. The fraction of sp³-hybridized carbons (Fsp3) is 0.667. The average molecular weight is 267 g/mol. The third-order valence-corrected chi connectivity index (χ3v) is 4.03. The van der Waals surface area contributed by atoms with Crippen LogP contribution in [0.2, 0.25) is 0 Å². The number of aliphatic hydroxyl groups is 1. The Morgan fingerprint density at radius 1 is 1.28 bits per heavy atom. The lowest BCUT2D eigenvalue weighted by Crippen LogP contribution is -2.15. The van der Waals surface area contributed by atoms with Crippen LogP contribution in [0.1, 0.15) is 32.6 Å². The third-order valence-electron chi connectivity index (χ3n) is 2.98. The highest BCUT2D eigenvalue weighted by Crippen LogP contribution is 2.24. The molecule has 0 saturated carbocycles. The smallest absolute Gasteiger partial charge is 0.0521 e. The number of aliphatic hydroxyl groups excluding tert-OH is 1. The first-order chi connectivity index (χ1) is 8.77. The predicted molar refractivity (Wildman–Crippen MR) is 82.6 cm³/mol. The van der Waals surface area contributed by atoms with E-state index in [1.54, 1.807) is 0 Å². The molecule has 0 amide bonds. The van der Waals surface area contributed by atoms with E-state index < -0.39 is 0 Å². The zero-order chi connectivity index (χ0) is 13.1. The van der Waals surface area contributed by atoms with E-state index in [2.05, 4.69) is 42.4 Å². The van der Waals surface area contributed by atoms with Crippen molar-refractivity contribution in [2.24, 2.45) is 10.4 Å². The van der Waals surface area contributed by atoms with E-state index in [0.29, 0.717) is 6.61 Å². The minimum absolute atomic E-state index is 0.131. The van der Waals surface area contributed by atoms with Gasteiger partial charge in [-0.1, -0.05) is 37.6 Å².